The minimum atomic E-state index is -4.26. The second-order valence-corrected chi connectivity index (χ2v) is 2.64. The third kappa shape index (κ3) is 8.91. The van der Waals surface area contributed by atoms with Gasteiger partial charge in [-0.2, -0.15) is 13.2 Å². The van der Waals surface area contributed by atoms with E-state index in [4.69, 9.17) is 0 Å². The van der Waals surface area contributed by atoms with Crippen LogP contribution in [0.2, 0.25) is 0 Å². The molecule has 0 aromatic rings. The molecule has 1 amide bonds. The Labute approximate surface area is 80.9 Å². The summed E-state index contributed by atoms with van der Waals surface area (Å²) in [5, 5.41) is 2.35. The quantitative estimate of drug-likeness (QED) is 0.553. The minimum absolute atomic E-state index is 0.303. The average Bonchev–Trinajstić information content (AvgIpc) is 2.08. The Hall–Kier alpha value is -1.18. The van der Waals surface area contributed by atoms with Gasteiger partial charge in [0.15, 0.2) is 0 Å². The summed E-state index contributed by atoms with van der Waals surface area (Å²) >= 11 is 0. The molecule has 0 radical (unpaired) electrons. The summed E-state index contributed by atoms with van der Waals surface area (Å²) in [7, 11) is 0. The van der Waals surface area contributed by atoms with Crippen molar-refractivity contribution >= 4 is 5.91 Å². The van der Waals surface area contributed by atoms with Crippen LogP contribution in [0, 0.1) is 11.8 Å². The van der Waals surface area contributed by atoms with Crippen LogP contribution >= 0.6 is 0 Å². The van der Waals surface area contributed by atoms with Crippen molar-refractivity contribution in [3.05, 3.63) is 0 Å². The number of carbonyl (C=O) groups is 1. The molecule has 0 heterocycles. The Balaban J connectivity index is 3.50. The van der Waals surface area contributed by atoms with Gasteiger partial charge in [-0.3, -0.25) is 4.79 Å². The molecular weight excluding hydrogens is 195 g/mol. The zero-order valence-electron chi connectivity index (χ0n) is 7.87. The van der Waals surface area contributed by atoms with E-state index < -0.39 is 24.9 Å². The van der Waals surface area contributed by atoms with Gasteiger partial charge in [0.1, 0.15) is 0 Å². The van der Waals surface area contributed by atoms with Crippen molar-refractivity contribution in [1.82, 2.24) is 5.32 Å². The molecule has 0 saturated carbocycles. The molecule has 0 spiro atoms. The SMILES string of the molecule is CC#CCCNC(=O)CCC(F)(F)F. The lowest BCUT2D eigenvalue weighted by molar-refractivity contribution is -0.144. The average molecular weight is 207 g/mol. The van der Waals surface area contributed by atoms with Crippen molar-refractivity contribution < 1.29 is 18.0 Å². The lowest BCUT2D eigenvalue weighted by Gasteiger charge is -2.05. The maximum Gasteiger partial charge on any atom is 0.389 e. The van der Waals surface area contributed by atoms with Gasteiger partial charge in [-0.1, -0.05) is 0 Å². The van der Waals surface area contributed by atoms with Gasteiger partial charge in [-0.25, -0.2) is 0 Å². The Morgan fingerprint density at radius 1 is 1.43 bits per heavy atom. The van der Waals surface area contributed by atoms with Crippen molar-refractivity contribution in [2.24, 2.45) is 0 Å². The zero-order valence-corrected chi connectivity index (χ0v) is 7.87. The molecule has 80 valence electrons. The summed E-state index contributed by atoms with van der Waals surface area (Å²) in [5.41, 5.74) is 0. The fourth-order valence-corrected chi connectivity index (χ4v) is 0.733. The lowest BCUT2D eigenvalue weighted by atomic mass is 10.3. The maximum atomic E-state index is 11.7. The molecule has 0 aliphatic carbocycles. The largest absolute Gasteiger partial charge is 0.389 e. The number of nitrogens with one attached hydrogen (secondary N) is 1. The first-order chi connectivity index (χ1) is 6.45. The number of halogens is 3. The second kappa shape index (κ2) is 6.30. The third-order valence-electron chi connectivity index (χ3n) is 1.38. The van der Waals surface area contributed by atoms with Crippen LogP contribution in [0.25, 0.3) is 0 Å². The zero-order chi connectivity index (χ0) is 11.0. The number of alkyl halides is 3. The van der Waals surface area contributed by atoms with Crippen LogP contribution in [0.15, 0.2) is 0 Å². The fraction of sp³-hybridized carbons (Fsp3) is 0.667. The molecule has 0 aromatic heterocycles. The first-order valence-electron chi connectivity index (χ1n) is 4.19. The van der Waals surface area contributed by atoms with E-state index >= 15 is 0 Å². The smallest absolute Gasteiger partial charge is 0.355 e. The minimum Gasteiger partial charge on any atom is -0.355 e. The first kappa shape index (κ1) is 12.8. The van der Waals surface area contributed by atoms with E-state index in [9.17, 15) is 18.0 Å². The van der Waals surface area contributed by atoms with Crippen molar-refractivity contribution in [2.75, 3.05) is 6.54 Å². The summed E-state index contributed by atoms with van der Waals surface area (Å²) < 4.78 is 35.0. The highest BCUT2D eigenvalue weighted by molar-refractivity contribution is 5.75. The molecule has 0 aromatic carbocycles. The Kier molecular flexibility index (Phi) is 5.77. The van der Waals surface area contributed by atoms with Gasteiger partial charge >= 0.3 is 6.18 Å². The van der Waals surface area contributed by atoms with E-state index in [0.717, 1.165) is 0 Å². The van der Waals surface area contributed by atoms with Gasteiger partial charge in [-0.05, 0) is 6.92 Å². The highest BCUT2D eigenvalue weighted by Gasteiger charge is 2.27. The molecular formula is C9H12F3NO. The Morgan fingerprint density at radius 3 is 2.57 bits per heavy atom. The summed E-state index contributed by atoms with van der Waals surface area (Å²) in [6.45, 7) is 1.96. The summed E-state index contributed by atoms with van der Waals surface area (Å²) in [6, 6.07) is 0. The van der Waals surface area contributed by atoms with E-state index in [0.29, 0.717) is 13.0 Å². The Bertz CT molecular complexity index is 237. The van der Waals surface area contributed by atoms with Crippen LogP contribution < -0.4 is 5.32 Å². The highest BCUT2D eigenvalue weighted by atomic mass is 19.4. The van der Waals surface area contributed by atoms with Crippen molar-refractivity contribution in [3.8, 4) is 11.8 Å². The monoisotopic (exact) mass is 207 g/mol. The Morgan fingerprint density at radius 2 is 2.07 bits per heavy atom. The molecule has 0 fully saturated rings. The van der Waals surface area contributed by atoms with Crippen molar-refractivity contribution in [3.63, 3.8) is 0 Å². The molecule has 0 saturated heterocycles. The molecule has 0 aliphatic rings. The van der Waals surface area contributed by atoms with Crippen LogP contribution in [0.5, 0.6) is 0 Å². The molecule has 0 bridgehead atoms. The number of hydrogen-bond acceptors (Lipinski definition) is 1. The molecule has 1 N–H and O–H groups in total. The van der Waals surface area contributed by atoms with Crippen LogP contribution in [-0.4, -0.2) is 18.6 Å². The van der Waals surface area contributed by atoms with Gasteiger partial charge in [0.05, 0.1) is 6.42 Å². The standard InChI is InChI=1S/C9H12F3NO/c1-2-3-4-7-13-8(14)5-6-9(10,11)12/h4-7H2,1H3,(H,13,14). The molecule has 5 heteroatoms. The van der Waals surface area contributed by atoms with Gasteiger partial charge in [0.2, 0.25) is 5.91 Å². The predicted molar refractivity (Wildman–Crippen MR) is 46.4 cm³/mol. The molecule has 0 atom stereocenters. The molecule has 0 aliphatic heterocycles. The van der Waals surface area contributed by atoms with Crippen LogP contribution in [0.1, 0.15) is 26.2 Å². The number of hydrogen-bond donors (Lipinski definition) is 1. The lowest BCUT2D eigenvalue weighted by Crippen LogP contribution is -2.25. The van der Waals surface area contributed by atoms with Crippen LogP contribution in [0.4, 0.5) is 13.2 Å². The maximum absolute atomic E-state index is 11.7. The van der Waals surface area contributed by atoms with Gasteiger partial charge in [0.25, 0.3) is 0 Å². The van der Waals surface area contributed by atoms with E-state index in [1.807, 2.05) is 0 Å². The molecule has 0 unspecified atom stereocenters. The van der Waals surface area contributed by atoms with Crippen molar-refractivity contribution in [1.29, 1.82) is 0 Å². The summed E-state index contributed by atoms with van der Waals surface area (Å²) in [4.78, 5) is 10.8. The molecule has 14 heavy (non-hydrogen) atoms. The van der Waals surface area contributed by atoms with Crippen LogP contribution in [0.3, 0.4) is 0 Å². The fourth-order valence-electron chi connectivity index (χ4n) is 0.733. The van der Waals surface area contributed by atoms with E-state index in [1.54, 1.807) is 6.92 Å². The van der Waals surface area contributed by atoms with Crippen LogP contribution in [-0.2, 0) is 4.79 Å². The third-order valence-corrected chi connectivity index (χ3v) is 1.38. The van der Waals surface area contributed by atoms with E-state index in [1.165, 1.54) is 0 Å². The number of amides is 1. The van der Waals surface area contributed by atoms with Gasteiger partial charge in [-0.15, -0.1) is 11.8 Å². The number of rotatable bonds is 4. The van der Waals surface area contributed by atoms with Gasteiger partial charge < -0.3 is 5.32 Å². The van der Waals surface area contributed by atoms with E-state index in [-0.39, 0.29) is 0 Å². The topological polar surface area (TPSA) is 29.1 Å². The molecule has 0 rings (SSSR count). The summed E-state index contributed by atoms with van der Waals surface area (Å²) in [5.74, 6) is 4.72. The highest BCUT2D eigenvalue weighted by Crippen LogP contribution is 2.20. The molecule has 2 nitrogen and oxygen atoms in total. The van der Waals surface area contributed by atoms with Gasteiger partial charge in [0, 0.05) is 19.4 Å². The second-order valence-electron chi connectivity index (χ2n) is 2.64. The first-order valence-corrected chi connectivity index (χ1v) is 4.19. The predicted octanol–water partition coefficient (Wildman–Crippen LogP) is 1.86. The normalized spacial score (nSPS) is 10.3. The van der Waals surface area contributed by atoms with E-state index in [2.05, 4.69) is 17.2 Å². The summed E-state index contributed by atoms with van der Waals surface area (Å²) in [6.07, 6.45) is -5.38. The van der Waals surface area contributed by atoms with Crippen molar-refractivity contribution in [2.45, 2.75) is 32.4 Å². The number of carbonyl (C=O) groups excluding carboxylic acids is 1.